The SMILES string of the molecule is O=C1CCC2(CCN(C(=O)c3cccs3)CC2)CN1CC1CC1. The Bertz CT molecular complexity index is 586. The van der Waals surface area contributed by atoms with Gasteiger partial charge in [-0.3, -0.25) is 9.59 Å². The number of piperidine rings is 2. The van der Waals surface area contributed by atoms with Crippen LogP contribution in [0.4, 0.5) is 0 Å². The summed E-state index contributed by atoms with van der Waals surface area (Å²) >= 11 is 1.52. The molecular weight excluding hydrogens is 308 g/mol. The van der Waals surface area contributed by atoms with E-state index in [0.717, 1.165) is 56.2 Å². The minimum Gasteiger partial charge on any atom is -0.342 e. The average Bonchev–Trinajstić information content (AvgIpc) is 3.21. The molecule has 3 fully saturated rings. The summed E-state index contributed by atoms with van der Waals surface area (Å²) in [5.74, 6) is 1.28. The lowest BCUT2D eigenvalue weighted by molar-refractivity contribution is -0.139. The Kier molecular flexibility index (Phi) is 3.92. The quantitative estimate of drug-likeness (QED) is 0.854. The van der Waals surface area contributed by atoms with Crippen LogP contribution in [0.1, 0.15) is 48.2 Å². The Hall–Kier alpha value is -1.36. The van der Waals surface area contributed by atoms with E-state index in [4.69, 9.17) is 0 Å². The summed E-state index contributed by atoms with van der Waals surface area (Å²) in [4.78, 5) is 29.6. The van der Waals surface area contributed by atoms with Crippen LogP contribution in [0.15, 0.2) is 17.5 Å². The summed E-state index contributed by atoms with van der Waals surface area (Å²) in [6.45, 7) is 3.56. The lowest BCUT2D eigenvalue weighted by Crippen LogP contribution is -2.52. The number of nitrogens with zero attached hydrogens (tertiary/aromatic N) is 2. The second-order valence-corrected chi connectivity index (χ2v) is 8.43. The van der Waals surface area contributed by atoms with Crippen LogP contribution in [0.25, 0.3) is 0 Å². The first-order valence-corrected chi connectivity index (χ1v) is 9.64. The first-order valence-electron chi connectivity index (χ1n) is 8.76. The molecule has 0 radical (unpaired) electrons. The van der Waals surface area contributed by atoms with Crippen LogP contribution in [-0.4, -0.2) is 47.8 Å². The molecule has 3 heterocycles. The molecule has 5 heteroatoms. The van der Waals surface area contributed by atoms with Crippen molar-refractivity contribution in [3.8, 4) is 0 Å². The van der Waals surface area contributed by atoms with E-state index in [9.17, 15) is 9.59 Å². The predicted molar refractivity (Wildman–Crippen MR) is 90.4 cm³/mol. The van der Waals surface area contributed by atoms with Crippen molar-refractivity contribution in [1.82, 2.24) is 9.80 Å². The maximum atomic E-state index is 12.5. The topological polar surface area (TPSA) is 40.6 Å². The van der Waals surface area contributed by atoms with Crippen molar-refractivity contribution in [1.29, 1.82) is 0 Å². The fraction of sp³-hybridized carbons (Fsp3) is 0.667. The third-order valence-electron chi connectivity index (χ3n) is 5.77. The maximum Gasteiger partial charge on any atom is 0.263 e. The fourth-order valence-electron chi connectivity index (χ4n) is 4.03. The van der Waals surface area contributed by atoms with Crippen molar-refractivity contribution >= 4 is 23.2 Å². The van der Waals surface area contributed by atoms with E-state index in [1.54, 1.807) is 0 Å². The summed E-state index contributed by atoms with van der Waals surface area (Å²) in [6.07, 6.45) is 6.37. The van der Waals surface area contributed by atoms with Gasteiger partial charge in [0.25, 0.3) is 5.91 Å². The number of thiophene rings is 1. The Morgan fingerprint density at radius 2 is 2.04 bits per heavy atom. The van der Waals surface area contributed by atoms with Gasteiger partial charge >= 0.3 is 0 Å². The minimum atomic E-state index is 0.177. The van der Waals surface area contributed by atoms with E-state index in [1.165, 1.54) is 24.2 Å². The van der Waals surface area contributed by atoms with Crippen LogP contribution < -0.4 is 0 Å². The highest BCUT2D eigenvalue weighted by atomic mass is 32.1. The molecule has 1 aliphatic carbocycles. The summed E-state index contributed by atoms with van der Waals surface area (Å²) in [5.41, 5.74) is 0.259. The number of carbonyl (C=O) groups is 2. The molecule has 1 saturated carbocycles. The highest BCUT2D eigenvalue weighted by Crippen LogP contribution is 2.42. The Morgan fingerprint density at radius 1 is 1.26 bits per heavy atom. The monoisotopic (exact) mass is 332 g/mol. The van der Waals surface area contributed by atoms with Gasteiger partial charge in [-0.25, -0.2) is 0 Å². The zero-order chi connectivity index (χ0) is 15.9. The van der Waals surface area contributed by atoms with Crippen molar-refractivity contribution in [2.24, 2.45) is 11.3 Å². The van der Waals surface area contributed by atoms with E-state index < -0.39 is 0 Å². The molecule has 3 aliphatic rings. The summed E-state index contributed by atoms with van der Waals surface area (Å²) < 4.78 is 0. The van der Waals surface area contributed by atoms with Crippen molar-refractivity contribution in [3.05, 3.63) is 22.4 Å². The van der Waals surface area contributed by atoms with Crippen molar-refractivity contribution in [2.75, 3.05) is 26.2 Å². The van der Waals surface area contributed by atoms with Crippen LogP contribution in [0, 0.1) is 11.3 Å². The molecule has 4 nitrogen and oxygen atoms in total. The van der Waals surface area contributed by atoms with Crippen LogP contribution >= 0.6 is 11.3 Å². The van der Waals surface area contributed by atoms with E-state index in [1.807, 2.05) is 22.4 Å². The van der Waals surface area contributed by atoms with Crippen molar-refractivity contribution in [2.45, 2.75) is 38.5 Å². The summed E-state index contributed by atoms with van der Waals surface area (Å²) in [6, 6.07) is 3.85. The normalized spacial score (nSPS) is 24.3. The van der Waals surface area contributed by atoms with Gasteiger partial charge in [-0.05, 0) is 54.9 Å². The zero-order valence-electron chi connectivity index (χ0n) is 13.5. The molecule has 0 atom stereocenters. The molecule has 1 aromatic rings. The number of hydrogen-bond donors (Lipinski definition) is 0. The fourth-order valence-corrected chi connectivity index (χ4v) is 4.72. The molecule has 2 aliphatic heterocycles. The van der Waals surface area contributed by atoms with E-state index in [0.29, 0.717) is 12.3 Å². The molecule has 4 rings (SSSR count). The molecule has 0 aromatic carbocycles. The zero-order valence-corrected chi connectivity index (χ0v) is 14.3. The first-order chi connectivity index (χ1) is 11.2. The van der Waals surface area contributed by atoms with Crippen LogP contribution in [0.5, 0.6) is 0 Å². The molecule has 23 heavy (non-hydrogen) atoms. The number of carbonyl (C=O) groups excluding carboxylic acids is 2. The maximum absolute atomic E-state index is 12.5. The van der Waals surface area contributed by atoms with Gasteiger partial charge in [0.1, 0.15) is 0 Å². The Labute approximate surface area is 141 Å². The van der Waals surface area contributed by atoms with Crippen LogP contribution in [-0.2, 0) is 4.79 Å². The second-order valence-electron chi connectivity index (χ2n) is 7.49. The lowest BCUT2D eigenvalue weighted by atomic mass is 9.72. The summed E-state index contributed by atoms with van der Waals surface area (Å²) in [5, 5.41) is 1.96. The number of likely N-dealkylation sites (tertiary alicyclic amines) is 2. The minimum absolute atomic E-state index is 0.177. The third-order valence-corrected chi connectivity index (χ3v) is 6.62. The van der Waals surface area contributed by atoms with Gasteiger partial charge in [0.05, 0.1) is 4.88 Å². The molecule has 2 saturated heterocycles. The predicted octanol–water partition coefficient (Wildman–Crippen LogP) is 3.00. The van der Waals surface area contributed by atoms with E-state index >= 15 is 0 Å². The molecule has 124 valence electrons. The number of hydrogen-bond acceptors (Lipinski definition) is 3. The Morgan fingerprint density at radius 3 is 2.70 bits per heavy atom. The highest BCUT2D eigenvalue weighted by molar-refractivity contribution is 7.12. The van der Waals surface area contributed by atoms with Gasteiger partial charge in [-0.15, -0.1) is 11.3 Å². The van der Waals surface area contributed by atoms with Gasteiger partial charge in [0.15, 0.2) is 0 Å². The number of rotatable bonds is 3. The molecule has 1 spiro atoms. The van der Waals surface area contributed by atoms with Crippen molar-refractivity contribution < 1.29 is 9.59 Å². The molecule has 0 N–H and O–H groups in total. The summed E-state index contributed by atoms with van der Waals surface area (Å²) in [7, 11) is 0. The molecule has 0 unspecified atom stereocenters. The first kappa shape index (κ1) is 15.2. The van der Waals surface area contributed by atoms with Gasteiger partial charge in [0, 0.05) is 32.6 Å². The lowest BCUT2D eigenvalue weighted by Gasteiger charge is -2.47. The van der Waals surface area contributed by atoms with Crippen LogP contribution in [0.2, 0.25) is 0 Å². The molecule has 1 aromatic heterocycles. The molecular formula is C18H24N2O2S. The van der Waals surface area contributed by atoms with E-state index in [2.05, 4.69) is 4.90 Å². The highest BCUT2D eigenvalue weighted by Gasteiger charge is 2.42. The van der Waals surface area contributed by atoms with Gasteiger partial charge in [0.2, 0.25) is 5.91 Å². The Balaban J connectivity index is 1.38. The van der Waals surface area contributed by atoms with Gasteiger partial charge in [-0.2, -0.15) is 0 Å². The van der Waals surface area contributed by atoms with Crippen LogP contribution in [0.3, 0.4) is 0 Å². The smallest absolute Gasteiger partial charge is 0.263 e. The molecule has 2 amide bonds. The standard InChI is InChI=1S/C18H24N2O2S/c21-16-5-6-18(13-20(16)12-14-3-4-14)7-9-19(10-8-18)17(22)15-2-1-11-23-15/h1-2,11,14H,3-10,12-13H2. The largest absolute Gasteiger partial charge is 0.342 e. The number of amides is 2. The second kappa shape index (κ2) is 5.93. The van der Waals surface area contributed by atoms with Crippen molar-refractivity contribution in [3.63, 3.8) is 0 Å². The average molecular weight is 332 g/mol. The molecule has 0 bridgehead atoms. The van der Waals surface area contributed by atoms with Gasteiger partial charge in [-0.1, -0.05) is 6.07 Å². The third kappa shape index (κ3) is 3.16. The van der Waals surface area contributed by atoms with Gasteiger partial charge < -0.3 is 9.80 Å². The van der Waals surface area contributed by atoms with E-state index in [-0.39, 0.29) is 11.3 Å².